The van der Waals surface area contributed by atoms with Crippen LogP contribution in [0.3, 0.4) is 0 Å². The number of ketones is 1. The number of hydrogen-bond acceptors (Lipinski definition) is 8. The van der Waals surface area contributed by atoms with E-state index in [1.165, 1.54) is 6.92 Å². The molecule has 3 rings (SSSR count). The van der Waals surface area contributed by atoms with Gasteiger partial charge in [-0.2, -0.15) is 22.0 Å². The molecule has 0 N–H and O–H groups in total. The Bertz CT molecular complexity index is 1370. The number of fused-ring (bicyclic) bond motifs is 1. The molecule has 0 fully saturated rings. The van der Waals surface area contributed by atoms with Gasteiger partial charge in [-0.25, -0.2) is 0 Å². The van der Waals surface area contributed by atoms with Gasteiger partial charge in [0.05, 0.1) is 6.61 Å². The van der Waals surface area contributed by atoms with Crippen molar-refractivity contribution in [2.45, 2.75) is 115 Å². The Kier molecular flexibility index (Phi) is 16.4. The Balaban J connectivity index is 1.52. The summed E-state index contributed by atoms with van der Waals surface area (Å²) < 4.78 is 97.1. The Morgan fingerprint density at radius 3 is 2.10 bits per heavy atom. The maximum Gasteiger partial charge on any atom is 0.453 e. The summed E-state index contributed by atoms with van der Waals surface area (Å²) in [5.74, 6) is -5.45. The van der Waals surface area contributed by atoms with Crippen molar-refractivity contribution in [3.8, 4) is 17.2 Å². The molecule has 0 aromatic heterocycles. The van der Waals surface area contributed by atoms with Crippen molar-refractivity contribution in [3.05, 3.63) is 53.6 Å². The quantitative estimate of drug-likeness (QED) is 0.0368. The highest BCUT2D eigenvalue weighted by Crippen LogP contribution is 2.44. The van der Waals surface area contributed by atoms with Crippen LogP contribution in [0.2, 0.25) is 0 Å². The number of rotatable bonds is 23. The molecule has 286 valence electrons. The largest absolute Gasteiger partial charge is 0.489 e. The van der Waals surface area contributed by atoms with Crippen LogP contribution >= 0.6 is 0 Å². The van der Waals surface area contributed by atoms with Gasteiger partial charge in [-0.3, -0.25) is 9.59 Å². The molecule has 0 radical (unpaired) electrons. The van der Waals surface area contributed by atoms with Crippen LogP contribution in [0.25, 0.3) is 0 Å². The van der Waals surface area contributed by atoms with E-state index in [0.29, 0.717) is 24.3 Å². The van der Waals surface area contributed by atoms with Crippen LogP contribution in [0.15, 0.2) is 42.5 Å². The molecule has 2 aromatic carbocycles. The average Bonchev–Trinajstić information content (AvgIpc) is 3.09. The second-order valence-electron chi connectivity index (χ2n) is 13.1. The molecular formula is C38H51F5O8. The molecule has 0 aliphatic carbocycles. The van der Waals surface area contributed by atoms with E-state index in [-0.39, 0.29) is 38.1 Å². The number of carbonyl (C=O) groups excluding carboxylic acids is 2. The number of methoxy groups -OCH3 is 2. The fourth-order valence-corrected chi connectivity index (χ4v) is 6.36. The second kappa shape index (κ2) is 20.0. The minimum Gasteiger partial charge on any atom is -0.489 e. The number of hydrogen-bond donors (Lipinski definition) is 0. The van der Waals surface area contributed by atoms with Crippen molar-refractivity contribution >= 4 is 11.8 Å². The predicted octanol–water partition coefficient (Wildman–Crippen LogP) is 9.15. The zero-order chi connectivity index (χ0) is 37.5. The first-order valence-electron chi connectivity index (χ1n) is 17.5. The fraction of sp³-hybridized carbons (Fsp3) is 0.632. The monoisotopic (exact) mass is 730 g/mol. The van der Waals surface area contributed by atoms with Crippen LogP contribution in [-0.2, 0) is 35.6 Å². The van der Waals surface area contributed by atoms with Gasteiger partial charge in [0.1, 0.15) is 35.1 Å². The highest BCUT2D eigenvalue weighted by molar-refractivity contribution is 5.98. The zero-order valence-corrected chi connectivity index (χ0v) is 30.0. The topological polar surface area (TPSA) is 89.5 Å². The lowest BCUT2D eigenvalue weighted by molar-refractivity contribution is -0.284. The van der Waals surface area contributed by atoms with Gasteiger partial charge in [0, 0.05) is 38.5 Å². The molecule has 1 aliphatic rings. The molecule has 0 spiro atoms. The van der Waals surface area contributed by atoms with Crippen LogP contribution in [0.4, 0.5) is 22.0 Å². The molecular weight excluding hydrogens is 679 g/mol. The molecule has 13 heteroatoms. The van der Waals surface area contributed by atoms with Gasteiger partial charge in [0.15, 0.2) is 13.6 Å². The molecule has 2 aromatic rings. The van der Waals surface area contributed by atoms with Crippen LogP contribution in [0, 0.1) is 5.92 Å². The summed E-state index contributed by atoms with van der Waals surface area (Å²) >= 11 is 0. The van der Waals surface area contributed by atoms with Crippen LogP contribution in [0.1, 0.15) is 95.6 Å². The fourth-order valence-electron chi connectivity index (χ4n) is 6.36. The van der Waals surface area contributed by atoms with E-state index in [2.05, 4.69) is 19.1 Å². The molecule has 3 atom stereocenters. The third kappa shape index (κ3) is 12.3. The summed E-state index contributed by atoms with van der Waals surface area (Å²) in [5, 5.41) is 0. The van der Waals surface area contributed by atoms with Crippen molar-refractivity contribution in [2.24, 2.45) is 5.92 Å². The summed E-state index contributed by atoms with van der Waals surface area (Å²) in [6.07, 6.45) is -1.99. The second-order valence-corrected chi connectivity index (χ2v) is 13.1. The van der Waals surface area contributed by atoms with Crippen LogP contribution < -0.4 is 14.2 Å². The van der Waals surface area contributed by atoms with E-state index in [4.69, 9.17) is 28.4 Å². The standard InChI is InChI=1S/C38H51F5O8/c1-5-48-35(45)31(13-12-22-37(39,40)38(41,42)43)32(44)14-10-8-6-7-9-11-15-34-36(2,28-17-20-29(21-18-28)49-25-46-3)24-27-16-19-30(50-26-47-4)23-33(27)51-34/h16-21,23,31,34H,5-15,22,24-26H2,1-4H3. The lowest BCUT2D eigenvalue weighted by Gasteiger charge is -2.43. The third-order valence-corrected chi connectivity index (χ3v) is 9.27. The van der Waals surface area contributed by atoms with Gasteiger partial charge in [-0.15, -0.1) is 0 Å². The van der Waals surface area contributed by atoms with Crippen molar-refractivity contribution in [1.29, 1.82) is 0 Å². The lowest BCUT2D eigenvalue weighted by atomic mass is 9.70. The molecule has 1 heterocycles. The van der Waals surface area contributed by atoms with Crippen molar-refractivity contribution in [3.63, 3.8) is 0 Å². The minimum atomic E-state index is -5.68. The summed E-state index contributed by atoms with van der Waals surface area (Å²) in [4.78, 5) is 25.1. The predicted molar refractivity (Wildman–Crippen MR) is 180 cm³/mol. The van der Waals surface area contributed by atoms with Crippen molar-refractivity contribution in [1.82, 2.24) is 0 Å². The van der Waals surface area contributed by atoms with Crippen molar-refractivity contribution < 1.29 is 60.0 Å². The van der Waals surface area contributed by atoms with E-state index in [1.807, 2.05) is 30.3 Å². The van der Waals surface area contributed by atoms with Gasteiger partial charge >= 0.3 is 18.1 Å². The van der Waals surface area contributed by atoms with Crippen molar-refractivity contribution in [2.75, 3.05) is 34.4 Å². The van der Waals surface area contributed by atoms with Gasteiger partial charge in [0.2, 0.25) is 0 Å². The number of halogens is 5. The Morgan fingerprint density at radius 2 is 1.47 bits per heavy atom. The Morgan fingerprint density at radius 1 is 0.863 bits per heavy atom. The number of alkyl halides is 5. The van der Waals surface area contributed by atoms with Gasteiger partial charge in [0.25, 0.3) is 0 Å². The molecule has 0 amide bonds. The third-order valence-electron chi connectivity index (χ3n) is 9.27. The SMILES string of the molecule is CCOC(=O)C(CCCC(F)(F)C(F)(F)F)C(=O)CCCCCCCCC1Oc2cc(OCOC)ccc2CC1(C)c1ccc(OCOC)cc1. The highest BCUT2D eigenvalue weighted by atomic mass is 19.4. The molecule has 51 heavy (non-hydrogen) atoms. The van der Waals surface area contributed by atoms with Gasteiger partial charge in [-0.1, -0.05) is 50.8 Å². The summed E-state index contributed by atoms with van der Waals surface area (Å²) in [6, 6.07) is 13.8. The van der Waals surface area contributed by atoms with E-state index in [9.17, 15) is 31.5 Å². The van der Waals surface area contributed by atoms with Crippen LogP contribution in [-0.4, -0.2) is 64.4 Å². The number of Topliss-reactive ketones (excluding diaryl/α,β-unsaturated/α-hetero) is 1. The first-order valence-corrected chi connectivity index (χ1v) is 17.5. The minimum absolute atomic E-state index is 0.0260. The number of unbranched alkanes of at least 4 members (excludes halogenated alkanes) is 5. The van der Waals surface area contributed by atoms with Gasteiger partial charge in [-0.05, 0) is 74.8 Å². The number of esters is 1. The maximum atomic E-state index is 13.3. The summed E-state index contributed by atoms with van der Waals surface area (Å²) in [7, 11) is 3.13. The normalized spacial score (nSPS) is 18.0. The first-order chi connectivity index (χ1) is 24.3. The maximum absolute atomic E-state index is 13.3. The zero-order valence-electron chi connectivity index (χ0n) is 30.0. The van der Waals surface area contributed by atoms with E-state index in [1.54, 1.807) is 14.2 Å². The molecule has 0 bridgehead atoms. The summed E-state index contributed by atoms with van der Waals surface area (Å²) in [5.41, 5.74) is 1.89. The Labute approximate surface area is 297 Å². The number of carbonyl (C=O) groups is 2. The first kappa shape index (κ1) is 42.0. The smallest absolute Gasteiger partial charge is 0.453 e. The summed E-state index contributed by atoms with van der Waals surface area (Å²) in [6.45, 7) is 4.00. The highest BCUT2D eigenvalue weighted by Gasteiger charge is 2.56. The lowest BCUT2D eigenvalue weighted by Crippen LogP contribution is -2.45. The molecule has 0 saturated heterocycles. The molecule has 3 unspecified atom stereocenters. The molecule has 1 aliphatic heterocycles. The Hall–Kier alpha value is -3.45. The molecule has 0 saturated carbocycles. The average molecular weight is 731 g/mol. The van der Waals surface area contributed by atoms with E-state index in [0.717, 1.165) is 55.4 Å². The van der Waals surface area contributed by atoms with E-state index < -0.39 is 49.0 Å². The van der Waals surface area contributed by atoms with Crippen LogP contribution in [0.5, 0.6) is 17.2 Å². The van der Waals surface area contributed by atoms with E-state index >= 15 is 0 Å². The van der Waals surface area contributed by atoms with Gasteiger partial charge < -0.3 is 28.4 Å². The molecule has 8 nitrogen and oxygen atoms in total. The number of ether oxygens (including phenoxy) is 6. The number of benzene rings is 2.